The normalized spacial score (nSPS) is 15.7. The number of azide groups is 1. The van der Waals surface area contributed by atoms with Crippen LogP contribution in [0.15, 0.2) is 35.5 Å². The average Bonchev–Trinajstić information content (AvgIpc) is 2.45. The first-order valence-electron chi connectivity index (χ1n) is 6.01. The van der Waals surface area contributed by atoms with Gasteiger partial charge < -0.3 is 9.64 Å². The van der Waals surface area contributed by atoms with Gasteiger partial charge in [0.1, 0.15) is 0 Å². The zero-order chi connectivity index (χ0) is 12.6. The summed E-state index contributed by atoms with van der Waals surface area (Å²) >= 11 is 0. The molecule has 1 aromatic carbocycles. The standard InChI is InChI=1S/C13H16N4O/c14-16-15-7-3-5-12-4-1-2-6-13(12)17-8-10-18-11-9-17/h1-6H,7-11H2. The molecule has 1 fully saturated rings. The largest absolute Gasteiger partial charge is 0.378 e. The lowest BCUT2D eigenvalue weighted by Gasteiger charge is -2.30. The highest BCUT2D eigenvalue weighted by molar-refractivity contribution is 5.67. The molecule has 1 aliphatic rings. The van der Waals surface area contributed by atoms with Gasteiger partial charge in [-0.2, -0.15) is 0 Å². The van der Waals surface area contributed by atoms with Crippen molar-refractivity contribution in [2.75, 3.05) is 37.7 Å². The number of morpholine rings is 1. The van der Waals surface area contributed by atoms with Crippen LogP contribution in [0.5, 0.6) is 0 Å². The van der Waals surface area contributed by atoms with Gasteiger partial charge in [-0.1, -0.05) is 35.5 Å². The SMILES string of the molecule is [N-]=[N+]=NCC=Cc1ccccc1N1CCOCC1. The molecule has 0 aromatic heterocycles. The van der Waals surface area contributed by atoms with Gasteiger partial charge in [-0.3, -0.25) is 0 Å². The van der Waals surface area contributed by atoms with E-state index in [1.807, 2.05) is 24.3 Å². The Morgan fingerprint density at radius 3 is 2.89 bits per heavy atom. The van der Waals surface area contributed by atoms with Crippen LogP contribution in [0.4, 0.5) is 5.69 Å². The maximum Gasteiger partial charge on any atom is 0.0642 e. The third kappa shape index (κ3) is 3.26. The van der Waals surface area contributed by atoms with Crippen molar-refractivity contribution in [2.45, 2.75) is 0 Å². The summed E-state index contributed by atoms with van der Waals surface area (Å²) in [5, 5.41) is 3.49. The molecule has 0 atom stereocenters. The van der Waals surface area contributed by atoms with Gasteiger partial charge in [0.25, 0.3) is 0 Å². The summed E-state index contributed by atoms with van der Waals surface area (Å²) in [6.45, 7) is 3.77. The number of para-hydroxylation sites is 1. The van der Waals surface area contributed by atoms with Crippen molar-refractivity contribution in [2.24, 2.45) is 5.11 Å². The van der Waals surface area contributed by atoms with E-state index in [-0.39, 0.29) is 0 Å². The van der Waals surface area contributed by atoms with Crippen LogP contribution < -0.4 is 4.90 Å². The molecule has 0 saturated carbocycles. The van der Waals surface area contributed by atoms with E-state index in [4.69, 9.17) is 10.3 Å². The summed E-state index contributed by atoms with van der Waals surface area (Å²) in [5.41, 5.74) is 10.6. The molecule has 0 radical (unpaired) electrons. The molecular weight excluding hydrogens is 228 g/mol. The van der Waals surface area contributed by atoms with Crippen molar-refractivity contribution in [3.8, 4) is 0 Å². The molecule has 1 aliphatic heterocycles. The molecule has 0 N–H and O–H groups in total. The molecule has 0 spiro atoms. The van der Waals surface area contributed by atoms with E-state index in [0.29, 0.717) is 6.54 Å². The number of rotatable bonds is 4. The van der Waals surface area contributed by atoms with Crippen LogP contribution in [0.3, 0.4) is 0 Å². The quantitative estimate of drug-likeness (QED) is 0.464. The Morgan fingerprint density at radius 2 is 2.11 bits per heavy atom. The number of ether oxygens (including phenoxy) is 1. The van der Waals surface area contributed by atoms with Gasteiger partial charge in [0, 0.05) is 30.2 Å². The van der Waals surface area contributed by atoms with E-state index in [0.717, 1.165) is 31.9 Å². The van der Waals surface area contributed by atoms with Gasteiger partial charge in [-0.05, 0) is 17.2 Å². The van der Waals surface area contributed by atoms with Gasteiger partial charge in [0.15, 0.2) is 0 Å². The average molecular weight is 244 g/mol. The van der Waals surface area contributed by atoms with Crippen LogP contribution in [0, 0.1) is 0 Å². The van der Waals surface area contributed by atoms with E-state index in [9.17, 15) is 0 Å². The summed E-state index contributed by atoms with van der Waals surface area (Å²) in [6.07, 6.45) is 3.87. The van der Waals surface area contributed by atoms with Crippen LogP contribution in [0.2, 0.25) is 0 Å². The molecule has 0 aliphatic carbocycles. The number of anilines is 1. The van der Waals surface area contributed by atoms with Crippen LogP contribution >= 0.6 is 0 Å². The van der Waals surface area contributed by atoms with Crippen molar-refractivity contribution in [1.82, 2.24) is 0 Å². The molecule has 0 bridgehead atoms. The fraction of sp³-hybridized carbons (Fsp3) is 0.385. The van der Waals surface area contributed by atoms with E-state index >= 15 is 0 Å². The number of hydrogen-bond acceptors (Lipinski definition) is 3. The van der Waals surface area contributed by atoms with Crippen LogP contribution in [-0.2, 0) is 4.74 Å². The highest BCUT2D eigenvalue weighted by Gasteiger charge is 2.12. The van der Waals surface area contributed by atoms with Crippen molar-refractivity contribution in [1.29, 1.82) is 0 Å². The van der Waals surface area contributed by atoms with Gasteiger partial charge in [-0.15, -0.1) is 0 Å². The maximum absolute atomic E-state index is 8.22. The molecule has 2 rings (SSSR count). The molecule has 1 saturated heterocycles. The molecule has 0 unspecified atom stereocenters. The Bertz CT molecular complexity index is 460. The molecule has 1 heterocycles. The van der Waals surface area contributed by atoms with Crippen LogP contribution in [-0.4, -0.2) is 32.8 Å². The molecule has 1 aromatic rings. The van der Waals surface area contributed by atoms with Gasteiger partial charge in [-0.25, -0.2) is 0 Å². The molecule has 94 valence electrons. The van der Waals surface area contributed by atoms with Gasteiger partial charge >= 0.3 is 0 Å². The van der Waals surface area contributed by atoms with Crippen molar-refractivity contribution in [3.63, 3.8) is 0 Å². The topological polar surface area (TPSA) is 61.2 Å². The van der Waals surface area contributed by atoms with Crippen molar-refractivity contribution < 1.29 is 4.74 Å². The highest BCUT2D eigenvalue weighted by Crippen LogP contribution is 2.22. The van der Waals surface area contributed by atoms with Crippen molar-refractivity contribution >= 4 is 11.8 Å². The Kier molecular flexibility index (Phi) is 4.64. The fourth-order valence-electron chi connectivity index (χ4n) is 1.98. The summed E-state index contributed by atoms with van der Waals surface area (Å²) in [4.78, 5) is 5.04. The third-order valence-electron chi connectivity index (χ3n) is 2.84. The Labute approximate surface area is 106 Å². The lowest BCUT2D eigenvalue weighted by atomic mass is 10.1. The molecule has 5 nitrogen and oxygen atoms in total. The number of hydrogen-bond donors (Lipinski definition) is 0. The lowest BCUT2D eigenvalue weighted by molar-refractivity contribution is 0.122. The monoisotopic (exact) mass is 244 g/mol. The van der Waals surface area contributed by atoms with E-state index in [1.54, 1.807) is 0 Å². The fourth-order valence-corrected chi connectivity index (χ4v) is 1.98. The smallest absolute Gasteiger partial charge is 0.0642 e. The highest BCUT2D eigenvalue weighted by atomic mass is 16.5. The van der Waals surface area contributed by atoms with E-state index in [1.165, 1.54) is 5.69 Å². The Balaban J connectivity index is 2.13. The van der Waals surface area contributed by atoms with Gasteiger partial charge in [0.2, 0.25) is 0 Å². The van der Waals surface area contributed by atoms with Gasteiger partial charge in [0.05, 0.1) is 13.2 Å². The first kappa shape index (κ1) is 12.5. The summed E-state index contributed by atoms with van der Waals surface area (Å²) in [5.74, 6) is 0. The molecule has 5 heteroatoms. The van der Waals surface area contributed by atoms with Crippen molar-refractivity contribution in [3.05, 3.63) is 46.3 Å². The number of benzene rings is 1. The van der Waals surface area contributed by atoms with Crippen LogP contribution in [0.25, 0.3) is 16.5 Å². The maximum atomic E-state index is 8.22. The minimum Gasteiger partial charge on any atom is -0.378 e. The lowest BCUT2D eigenvalue weighted by Crippen LogP contribution is -2.36. The summed E-state index contributed by atoms with van der Waals surface area (Å²) in [6, 6.07) is 8.22. The molecular formula is C13H16N4O. The minimum absolute atomic E-state index is 0.383. The van der Waals surface area contributed by atoms with Crippen LogP contribution in [0.1, 0.15) is 5.56 Å². The predicted octanol–water partition coefficient (Wildman–Crippen LogP) is 2.85. The second-order valence-corrected chi connectivity index (χ2v) is 3.97. The van der Waals surface area contributed by atoms with E-state index in [2.05, 4.69) is 27.1 Å². The molecule has 0 amide bonds. The predicted molar refractivity (Wildman–Crippen MR) is 72.5 cm³/mol. The second-order valence-electron chi connectivity index (χ2n) is 3.97. The summed E-state index contributed by atoms with van der Waals surface area (Å²) in [7, 11) is 0. The second kappa shape index (κ2) is 6.69. The Hall–Kier alpha value is -1.97. The first-order chi connectivity index (χ1) is 8.92. The zero-order valence-corrected chi connectivity index (χ0v) is 10.2. The summed E-state index contributed by atoms with van der Waals surface area (Å²) < 4.78 is 5.36. The van der Waals surface area contributed by atoms with E-state index < -0.39 is 0 Å². The minimum atomic E-state index is 0.383. The first-order valence-corrected chi connectivity index (χ1v) is 6.01. The molecule has 18 heavy (non-hydrogen) atoms. The zero-order valence-electron chi connectivity index (χ0n) is 10.2. The number of nitrogens with zero attached hydrogens (tertiary/aromatic N) is 4. The Morgan fingerprint density at radius 1 is 1.33 bits per heavy atom. The third-order valence-corrected chi connectivity index (χ3v) is 2.84.